The van der Waals surface area contributed by atoms with E-state index in [9.17, 15) is 14.9 Å². The number of primary amides is 1. The quantitative estimate of drug-likeness (QED) is 0.579. The van der Waals surface area contributed by atoms with Crippen molar-refractivity contribution in [3.8, 4) is 6.07 Å². The number of halogens is 2. The van der Waals surface area contributed by atoms with Crippen LogP contribution in [0.2, 0.25) is 10.0 Å². The van der Waals surface area contributed by atoms with Gasteiger partial charge < -0.3 is 5.73 Å². The van der Waals surface area contributed by atoms with Gasteiger partial charge in [-0.1, -0.05) is 53.2 Å². The summed E-state index contributed by atoms with van der Waals surface area (Å²) in [4.78, 5) is 26.4. The molecule has 142 valence electrons. The molecule has 0 saturated carbocycles. The van der Waals surface area contributed by atoms with Crippen LogP contribution in [-0.2, 0) is 16.0 Å². The zero-order valence-electron chi connectivity index (χ0n) is 14.8. The number of nitrogens with two attached hydrogens (primary N) is 1. The van der Waals surface area contributed by atoms with Crippen LogP contribution in [0.3, 0.4) is 0 Å². The number of hydrogen-bond donors (Lipinski definition) is 1. The van der Waals surface area contributed by atoms with Crippen molar-refractivity contribution in [2.24, 2.45) is 5.73 Å². The number of hydrogen-bond acceptors (Lipinski definition) is 4. The molecule has 1 fully saturated rings. The molecule has 2 N–H and O–H groups in total. The number of carbonyl (C=O) groups is 2. The summed E-state index contributed by atoms with van der Waals surface area (Å²) < 4.78 is 0. The number of nitriles is 1. The van der Waals surface area contributed by atoms with Crippen LogP contribution in [0.4, 0.5) is 5.69 Å². The van der Waals surface area contributed by atoms with Gasteiger partial charge >= 0.3 is 0 Å². The molecule has 0 spiro atoms. The minimum Gasteiger partial charge on any atom is -0.365 e. The molecular formula is C20H15Cl2N3O2S. The van der Waals surface area contributed by atoms with Crippen molar-refractivity contribution in [1.82, 2.24) is 0 Å². The van der Waals surface area contributed by atoms with Crippen molar-refractivity contribution in [2.75, 3.05) is 4.90 Å². The number of para-hydroxylation sites is 1. The van der Waals surface area contributed by atoms with Crippen molar-refractivity contribution in [3.05, 3.63) is 74.2 Å². The van der Waals surface area contributed by atoms with Crippen molar-refractivity contribution in [3.63, 3.8) is 0 Å². The molecule has 1 aliphatic heterocycles. The summed E-state index contributed by atoms with van der Waals surface area (Å²) >= 11 is 13.4. The third-order valence-corrected chi connectivity index (χ3v) is 6.16. The Balaban J connectivity index is 2.08. The number of nitrogens with zero attached hydrogens (tertiary/aromatic N) is 2. The van der Waals surface area contributed by atoms with Gasteiger partial charge in [-0.2, -0.15) is 5.26 Å². The molecule has 2 aromatic rings. The van der Waals surface area contributed by atoms with Crippen molar-refractivity contribution in [1.29, 1.82) is 5.26 Å². The van der Waals surface area contributed by atoms with Crippen molar-refractivity contribution < 1.29 is 9.59 Å². The van der Waals surface area contributed by atoms with E-state index in [2.05, 4.69) is 0 Å². The van der Waals surface area contributed by atoms with E-state index < -0.39 is 11.2 Å². The van der Waals surface area contributed by atoms with Crippen molar-refractivity contribution in [2.45, 2.75) is 18.6 Å². The minimum absolute atomic E-state index is 0.234. The first-order chi connectivity index (χ1) is 13.3. The van der Waals surface area contributed by atoms with Crippen LogP contribution in [0.1, 0.15) is 11.1 Å². The minimum atomic E-state index is -0.877. The van der Waals surface area contributed by atoms with E-state index in [0.717, 1.165) is 17.3 Å². The van der Waals surface area contributed by atoms with E-state index in [0.29, 0.717) is 27.7 Å². The predicted octanol–water partition coefficient (Wildman–Crippen LogP) is 4.21. The van der Waals surface area contributed by atoms with Crippen LogP contribution >= 0.6 is 35.0 Å². The van der Waals surface area contributed by atoms with Crippen molar-refractivity contribution >= 4 is 52.5 Å². The maximum atomic E-state index is 13.2. The maximum Gasteiger partial charge on any atom is 0.262 e. The van der Waals surface area contributed by atoms with E-state index in [1.54, 1.807) is 30.3 Å². The van der Waals surface area contributed by atoms with Gasteiger partial charge in [0.05, 0.1) is 10.9 Å². The lowest BCUT2D eigenvalue weighted by molar-refractivity contribution is -0.117. The van der Waals surface area contributed by atoms with Crippen LogP contribution in [0, 0.1) is 18.3 Å². The number of benzene rings is 2. The van der Waals surface area contributed by atoms with Gasteiger partial charge in [0.15, 0.2) is 0 Å². The second-order valence-electron chi connectivity index (χ2n) is 6.16. The highest BCUT2D eigenvalue weighted by Gasteiger charge is 2.41. The Morgan fingerprint density at radius 1 is 1.29 bits per heavy atom. The van der Waals surface area contributed by atoms with E-state index in [1.807, 2.05) is 25.1 Å². The van der Waals surface area contributed by atoms with Crippen LogP contribution in [-0.4, -0.2) is 17.1 Å². The van der Waals surface area contributed by atoms with E-state index in [1.165, 1.54) is 4.90 Å². The summed E-state index contributed by atoms with van der Waals surface area (Å²) in [6.07, 6.45) is 0.298. The van der Waals surface area contributed by atoms with Gasteiger partial charge in [0.25, 0.3) is 5.91 Å². The standard InChI is InChI=1S/C20H15Cl2N3O2S/c1-11-4-2-3-5-16(11)25-19(27)17(28-20(25)14(10-23)18(24)26)9-12-8-13(21)6-7-15(12)22/h2-8,17H,9H2,1H3,(H2,24,26)/b20-14-. The van der Waals surface area contributed by atoms with E-state index >= 15 is 0 Å². The summed E-state index contributed by atoms with van der Waals surface area (Å²) in [6, 6.07) is 14.1. The summed E-state index contributed by atoms with van der Waals surface area (Å²) in [5.41, 5.74) is 7.28. The second-order valence-corrected chi connectivity index (χ2v) is 8.20. The molecule has 2 aromatic carbocycles. The Labute approximate surface area is 176 Å². The fourth-order valence-corrected chi connectivity index (χ4v) is 4.62. The molecule has 28 heavy (non-hydrogen) atoms. The summed E-state index contributed by atoms with van der Waals surface area (Å²) in [5, 5.41) is 10.1. The first-order valence-electron chi connectivity index (χ1n) is 8.28. The van der Waals surface area contributed by atoms with Gasteiger partial charge in [-0.3, -0.25) is 14.5 Å². The lowest BCUT2D eigenvalue weighted by Crippen LogP contribution is -2.31. The van der Waals surface area contributed by atoms with E-state index in [-0.39, 0.29) is 16.5 Å². The molecule has 0 bridgehead atoms. The highest BCUT2D eigenvalue weighted by Crippen LogP contribution is 2.43. The molecule has 2 amide bonds. The Morgan fingerprint density at radius 3 is 2.64 bits per heavy atom. The second kappa shape index (κ2) is 8.27. The normalized spacial score (nSPS) is 18.1. The fraction of sp³-hybridized carbons (Fsp3) is 0.150. The Morgan fingerprint density at radius 2 is 2.00 bits per heavy atom. The maximum absolute atomic E-state index is 13.2. The highest BCUT2D eigenvalue weighted by atomic mass is 35.5. The Bertz CT molecular complexity index is 1050. The van der Waals surface area contributed by atoms with Gasteiger partial charge in [-0.15, -0.1) is 0 Å². The largest absolute Gasteiger partial charge is 0.365 e. The van der Waals surface area contributed by atoms with Crippen LogP contribution in [0.25, 0.3) is 0 Å². The van der Waals surface area contributed by atoms with Gasteiger partial charge in [-0.25, -0.2) is 0 Å². The fourth-order valence-electron chi connectivity index (χ4n) is 2.93. The third-order valence-electron chi connectivity index (χ3n) is 4.29. The molecule has 1 atom stereocenters. The third kappa shape index (κ3) is 3.88. The first-order valence-corrected chi connectivity index (χ1v) is 9.91. The molecule has 1 heterocycles. The average molecular weight is 432 g/mol. The van der Waals surface area contributed by atoms with E-state index in [4.69, 9.17) is 28.9 Å². The molecule has 1 saturated heterocycles. The van der Waals surface area contributed by atoms with Gasteiger partial charge in [0.1, 0.15) is 16.7 Å². The zero-order valence-corrected chi connectivity index (χ0v) is 17.1. The van der Waals surface area contributed by atoms with Crippen LogP contribution in [0.15, 0.2) is 53.1 Å². The van der Waals surface area contributed by atoms with Crippen LogP contribution in [0.5, 0.6) is 0 Å². The summed E-state index contributed by atoms with van der Waals surface area (Å²) in [6.45, 7) is 1.85. The number of amides is 2. The molecular weight excluding hydrogens is 417 g/mol. The Kier molecular flexibility index (Phi) is 5.99. The molecule has 1 aliphatic rings. The van der Waals surface area contributed by atoms with Gasteiger partial charge in [-0.05, 0) is 48.7 Å². The number of aryl methyl sites for hydroxylation is 1. The monoisotopic (exact) mass is 431 g/mol. The lowest BCUT2D eigenvalue weighted by Gasteiger charge is -2.20. The molecule has 0 aromatic heterocycles. The molecule has 8 heteroatoms. The van der Waals surface area contributed by atoms with Gasteiger partial charge in [0.2, 0.25) is 5.91 Å². The van der Waals surface area contributed by atoms with Crippen LogP contribution < -0.4 is 10.6 Å². The number of thioether (sulfide) groups is 1. The first kappa shape index (κ1) is 20.3. The lowest BCUT2D eigenvalue weighted by atomic mass is 10.1. The molecule has 0 radical (unpaired) electrons. The topological polar surface area (TPSA) is 87.2 Å². The molecule has 5 nitrogen and oxygen atoms in total. The average Bonchev–Trinajstić information content (AvgIpc) is 2.95. The summed E-state index contributed by atoms with van der Waals surface area (Å²) in [5.74, 6) is -1.13. The Hall–Kier alpha value is -2.46. The van der Waals surface area contributed by atoms with Gasteiger partial charge in [0, 0.05) is 10.0 Å². The number of rotatable bonds is 4. The SMILES string of the molecule is Cc1ccccc1N1C(=O)C(Cc2cc(Cl)ccc2Cl)S/C1=C(/C#N)C(N)=O. The predicted molar refractivity (Wildman–Crippen MR) is 112 cm³/mol. The number of carbonyl (C=O) groups excluding carboxylic acids is 2. The molecule has 3 rings (SSSR count). The summed E-state index contributed by atoms with van der Waals surface area (Å²) in [7, 11) is 0. The smallest absolute Gasteiger partial charge is 0.262 e. The highest BCUT2D eigenvalue weighted by molar-refractivity contribution is 8.05. The molecule has 0 aliphatic carbocycles. The molecule has 1 unspecified atom stereocenters. The number of anilines is 1. The zero-order chi connectivity index (χ0) is 20.4.